The standard InChI is InChI=1S/C16H15N3O3S3/c1-11(12-6-3-2-4-7-12)17-15(20)13-10-24-16(18-13)19-25(21,22)14-8-5-9-23-14/h2-11H,1H3,(H,17,20)(H,18,19). The Labute approximate surface area is 153 Å². The summed E-state index contributed by atoms with van der Waals surface area (Å²) in [5.41, 5.74) is 1.15. The Hall–Kier alpha value is -2.23. The van der Waals surface area contributed by atoms with Crippen molar-refractivity contribution in [1.82, 2.24) is 10.3 Å². The van der Waals surface area contributed by atoms with Gasteiger partial charge in [-0.25, -0.2) is 13.4 Å². The van der Waals surface area contributed by atoms with E-state index < -0.39 is 10.0 Å². The number of rotatable bonds is 6. The van der Waals surface area contributed by atoms with Gasteiger partial charge in [-0.05, 0) is 23.9 Å². The molecular weight excluding hydrogens is 378 g/mol. The molecule has 130 valence electrons. The molecule has 1 aromatic carbocycles. The number of nitrogens with zero attached hydrogens (tertiary/aromatic N) is 1. The van der Waals surface area contributed by atoms with Gasteiger partial charge in [0.15, 0.2) is 5.13 Å². The zero-order valence-corrected chi connectivity index (χ0v) is 15.6. The van der Waals surface area contributed by atoms with E-state index in [0.717, 1.165) is 28.2 Å². The molecule has 3 aromatic rings. The number of hydrogen-bond acceptors (Lipinski definition) is 6. The molecule has 9 heteroatoms. The van der Waals surface area contributed by atoms with Crippen LogP contribution in [0.15, 0.2) is 57.4 Å². The minimum absolute atomic E-state index is 0.158. The Morgan fingerprint density at radius 2 is 1.88 bits per heavy atom. The lowest BCUT2D eigenvalue weighted by molar-refractivity contribution is 0.0935. The molecule has 0 radical (unpaired) electrons. The zero-order chi connectivity index (χ0) is 17.9. The summed E-state index contributed by atoms with van der Waals surface area (Å²) in [7, 11) is -3.66. The molecule has 6 nitrogen and oxygen atoms in total. The fourth-order valence-electron chi connectivity index (χ4n) is 2.10. The molecule has 1 unspecified atom stereocenters. The average Bonchev–Trinajstić information content (AvgIpc) is 3.27. The second kappa shape index (κ2) is 7.34. The first-order valence-electron chi connectivity index (χ1n) is 7.33. The Bertz CT molecular complexity index is 951. The number of nitrogens with one attached hydrogen (secondary N) is 2. The van der Waals surface area contributed by atoms with E-state index in [1.807, 2.05) is 37.3 Å². The summed E-state index contributed by atoms with van der Waals surface area (Å²) in [6.45, 7) is 1.88. The third kappa shape index (κ3) is 4.25. The van der Waals surface area contributed by atoms with Crippen LogP contribution in [0.3, 0.4) is 0 Å². The van der Waals surface area contributed by atoms with Crippen LogP contribution in [0.1, 0.15) is 29.0 Å². The van der Waals surface area contributed by atoms with Crippen molar-refractivity contribution in [3.8, 4) is 0 Å². The molecule has 0 bridgehead atoms. The summed E-state index contributed by atoms with van der Waals surface area (Å²) < 4.78 is 26.9. The second-order valence-corrected chi connectivity index (χ2v) is 8.90. The van der Waals surface area contributed by atoms with E-state index in [-0.39, 0.29) is 27.0 Å². The maximum atomic E-state index is 12.3. The molecule has 25 heavy (non-hydrogen) atoms. The molecule has 0 aliphatic rings. The van der Waals surface area contributed by atoms with Crippen molar-refractivity contribution in [3.63, 3.8) is 0 Å². The van der Waals surface area contributed by atoms with Gasteiger partial charge < -0.3 is 5.32 Å². The third-order valence-corrected chi connectivity index (χ3v) is 6.99. The van der Waals surface area contributed by atoms with Crippen LogP contribution in [0.4, 0.5) is 5.13 Å². The molecule has 3 rings (SSSR count). The number of benzene rings is 1. The first-order chi connectivity index (χ1) is 12.0. The van der Waals surface area contributed by atoms with Gasteiger partial charge in [0.2, 0.25) is 0 Å². The second-order valence-electron chi connectivity index (χ2n) is 5.18. The highest BCUT2D eigenvalue weighted by atomic mass is 32.2. The van der Waals surface area contributed by atoms with Crippen LogP contribution in [-0.2, 0) is 10.0 Å². The van der Waals surface area contributed by atoms with Gasteiger partial charge in [0.05, 0.1) is 6.04 Å². The van der Waals surface area contributed by atoms with E-state index >= 15 is 0 Å². The number of anilines is 1. The van der Waals surface area contributed by atoms with E-state index in [9.17, 15) is 13.2 Å². The molecule has 1 amide bonds. The molecule has 2 heterocycles. The van der Waals surface area contributed by atoms with Crippen LogP contribution in [0.2, 0.25) is 0 Å². The number of thiophene rings is 1. The predicted molar refractivity (Wildman–Crippen MR) is 99.6 cm³/mol. The highest BCUT2D eigenvalue weighted by molar-refractivity contribution is 7.94. The highest BCUT2D eigenvalue weighted by Crippen LogP contribution is 2.23. The quantitative estimate of drug-likeness (QED) is 0.671. The predicted octanol–water partition coefficient (Wildman–Crippen LogP) is 3.50. The molecule has 2 N–H and O–H groups in total. The van der Waals surface area contributed by atoms with Gasteiger partial charge in [-0.15, -0.1) is 22.7 Å². The SMILES string of the molecule is CC(NC(=O)c1csc(NS(=O)(=O)c2cccs2)n1)c1ccccc1. The smallest absolute Gasteiger partial charge is 0.273 e. The average molecular weight is 394 g/mol. The first-order valence-corrected chi connectivity index (χ1v) is 10.6. The van der Waals surface area contributed by atoms with Crippen molar-refractivity contribution in [1.29, 1.82) is 0 Å². The molecular formula is C16H15N3O3S3. The molecule has 1 atom stereocenters. The van der Waals surface area contributed by atoms with Crippen molar-refractivity contribution < 1.29 is 13.2 Å². The van der Waals surface area contributed by atoms with E-state index in [0.29, 0.717) is 0 Å². The fourth-order valence-corrected chi connectivity index (χ4v) is 5.04. The van der Waals surface area contributed by atoms with Gasteiger partial charge in [-0.3, -0.25) is 9.52 Å². The van der Waals surface area contributed by atoms with E-state index in [4.69, 9.17) is 0 Å². The van der Waals surface area contributed by atoms with Gasteiger partial charge in [-0.2, -0.15) is 0 Å². The number of amides is 1. The number of carbonyl (C=O) groups is 1. The number of sulfonamides is 1. The van der Waals surface area contributed by atoms with Gasteiger partial charge in [0, 0.05) is 5.38 Å². The topological polar surface area (TPSA) is 88.2 Å². The summed E-state index contributed by atoms with van der Waals surface area (Å²) in [4.78, 5) is 16.4. The largest absolute Gasteiger partial charge is 0.344 e. The minimum atomic E-state index is -3.66. The fraction of sp³-hybridized carbons (Fsp3) is 0.125. The van der Waals surface area contributed by atoms with Gasteiger partial charge in [0.25, 0.3) is 15.9 Å². The highest BCUT2D eigenvalue weighted by Gasteiger charge is 2.19. The minimum Gasteiger partial charge on any atom is -0.344 e. The summed E-state index contributed by atoms with van der Waals surface area (Å²) in [6.07, 6.45) is 0. The van der Waals surface area contributed by atoms with Crippen molar-refractivity contribution in [3.05, 3.63) is 64.5 Å². The molecule has 0 fully saturated rings. The van der Waals surface area contributed by atoms with Crippen molar-refractivity contribution >= 4 is 43.7 Å². The summed E-state index contributed by atoms with van der Waals surface area (Å²) >= 11 is 2.18. The molecule has 0 aliphatic heterocycles. The lowest BCUT2D eigenvalue weighted by Crippen LogP contribution is -2.26. The van der Waals surface area contributed by atoms with Crippen LogP contribution in [0.5, 0.6) is 0 Å². The van der Waals surface area contributed by atoms with Crippen LogP contribution in [-0.4, -0.2) is 19.3 Å². The number of thiazole rings is 1. The molecule has 2 aromatic heterocycles. The molecule has 0 saturated carbocycles. The first kappa shape index (κ1) is 17.6. The lowest BCUT2D eigenvalue weighted by Gasteiger charge is -2.13. The van der Waals surface area contributed by atoms with E-state index in [1.165, 1.54) is 11.4 Å². The Balaban J connectivity index is 1.68. The van der Waals surface area contributed by atoms with Crippen molar-refractivity contribution in [2.75, 3.05) is 4.72 Å². The van der Waals surface area contributed by atoms with Gasteiger partial charge in [0.1, 0.15) is 9.90 Å². The number of hydrogen-bond donors (Lipinski definition) is 2. The Morgan fingerprint density at radius 1 is 1.12 bits per heavy atom. The number of aromatic nitrogens is 1. The van der Waals surface area contributed by atoms with Crippen molar-refractivity contribution in [2.45, 2.75) is 17.2 Å². The monoisotopic (exact) mass is 393 g/mol. The summed E-state index contributed by atoms with van der Waals surface area (Å²) in [5, 5.41) is 6.21. The van der Waals surface area contributed by atoms with Crippen LogP contribution < -0.4 is 10.0 Å². The molecule has 0 spiro atoms. The van der Waals surface area contributed by atoms with Crippen LogP contribution >= 0.6 is 22.7 Å². The normalized spacial score (nSPS) is 12.5. The Morgan fingerprint density at radius 3 is 2.56 bits per heavy atom. The van der Waals surface area contributed by atoms with E-state index in [1.54, 1.807) is 11.4 Å². The number of carbonyl (C=O) groups excluding carboxylic acids is 1. The van der Waals surface area contributed by atoms with Crippen molar-refractivity contribution in [2.24, 2.45) is 0 Å². The van der Waals surface area contributed by atoms with E-state index in [2.05, 4.69) is 15.0 Å². The summed E-state index contributed by atoms with van der Waals surface area (Å²) in [5.74, 6) is -0.353. The van der Waals surface area contributed by atoms with Crippen LogP contribution in [0.25, 0.3) is 0 Å². The summed E-state index contributed by atoms with van der Waals surface area (Å²) in [6, 6.07) is 12.5. The van der Waals surface area contributed by atoms with Gasteiger partial charge >= 0.3 is 0 Å². The molecule has 0 aliphatic carbocycles. The zero-order valence-electron chi connectivity index (χ0n) is 13.2. The van der Waals surface area contributed by atoms with Gasteiger partial charge in [-0.1, -0.05) is 36.4 Å². The maximum absolute atomic E-state index is 12.3. The van der Waals surface area contributed by atoms with Crippen LogP contribution in [0, 0.1) is 0 Å². The lowest BCUT2D eigenvalue weighted by atomic mass is 10.1. The Kier molecular flexibility index (Phi) is 5.16. The molecule has 0 saturated heterocycles. The third-order valence-electron chi connectivity index (χ3n) is 3.37. The maximum Gasteiger partial charge on any atom is 0.273 e.